The fraction of sp³-hybridized carbons (Fsp3) is 0.421. The highest BCUT2D eigenvalue weighted by Gasteiger charge is 2.26. The molecule has 3 N–H and O–H groups in total. The van der Waals surface area contributed by atoms with Crippen LogP contribution in [0.1, 0.15) is 26.5 Å². The van der Waals surface area contributed by atoms with Gasteiger partial charge in [-0.15, -0.1) is 0 Å². The molecule has 0 radical (unpaired) electrons. The highest BCUT2D eigenvalue weighted by molar-refractivity contribution is 6.30. The Kier molecular flexibility index (Phi) is 7.36. The largest absolute Gasteiger partial charge is 0.489 e. The third-order valence-corrected chi connectivity index (χ3v) is 3.90. The molecule has 0 bridgehead atoms. The van der Waals surface area contributed by atoms with Crippen LogP contribution in [0.5, 0.6) is 5.75 Å². The zero-order chi connectivity index (χ0) is 19.0. The summed E-state index contributed by atoms with van der Waals surface area (Å²) in [4.78, 5) is 4.44. The number of rotatable bonds is 8. The van der Waals surface area contributed by atoms with Crippen molar-refractivity contribution in [2.45, 2.75) is 32.5 Å². The third-order valence-electron chi connectivity index (χ3n) is 3.65. The maximum absolute atomic E-state index is 10.5. The van der Waals surface area contributed by atoms with Crippen LogP contribution < -0.4 is 15.4 Å². The molecule has 1 heterocycles. The van der Waals surface area contributed by atoms with Crippen LogP contribution in [-0.4, -0.2) is 36.8 Å². The highest BCUT2D eigenvalue weighted by atomic mass is 35.5. The molecule has 0 aliphatic rings. The number of guanidine groups is 1. The minimum Gasteiger partial charge on any atom is -0.489 e. The second-order valence-corrected chi connectivity index (χ2v) is 6.65. The van der Waals surface area contributed by atoms with Crippen LogP contribution in [0, 0.1) is 0 Å². The molecule has 0 aliphatic carbocycles. The number of halogens is 1. The van der Waals surface area contributed by atoms with Crippen molar-refractivity contribution >= 4 is 17.6 Å². The van der Waals surface area contributed by atoms with E-state index < -0.39 is 5.60 Å². The van der Waals surface area contributed by atoms with Crippen LogP contribution in [0.3, 0.4) is 0 Å². The van der Waals surface area contributed by atoms with E-state index in [1.54, 1.807) is 31.2 Å². The van der Waals surface area contributed by atoms with Crippen molar-refractivity contribution in [2.75, 3.05) is 19.6 Å². The monoisotopic (exact) mass is 379 g/mol. The van der Waals surface area contributed by atoms with Gasteiger partial charge in [0.05, 0.1) is 19.4 Å². The molecule has 2 rings (SSSR count). The fourth-order valence-corrected chi connectivity index (χ4v) is 2.39. The summed E-state index contributed by atoms with van der Waals surface area (Å²) >= 11 is 5.88. The molecule has 142 valence electrons. The lowest BCUT2D eigenvalue weighted by Crippen LogP contribution is -2.42. The molecule has 0 amide bonds. The number of nitrogens with one attached hydrogen (secondary N) is 2. The summed E-state index contributed by atoms with van der Waals surface area (Å²) in [5.41, 5.74) is -1.17. The van der Waals surface area contributed by atoms with Gasteiger partial charge in [0.2, 0.25) is 0 Å². The molecule has 0 saturated carbocycles. The topological polar surface area (TPSA) is 79.0 Å². The molecule has 1 aromatic heterocycles. The van der Waals surface area contributed by atoms with Gasteiger partial charge in [0, 0.05) is 11.6 Å². The number of ether oxygens (including phenoxy) is 1. The summed E-state index contributed by atoms with van der Waals surface area (Å²) in [5.74, 6) is 1.84. The Labute approximate surface area is 159 Å². The molecule has 2 unspecified atom stereocenters. The predicted molar refractivity (Wildman–Crippen MR) is 104 cm³/mol. The number of hydrogen-bond acceptors (Lipinski definition) is 4. The SMILES string of the molecule is CCNC(=NCC(C)(O)c1ccco1)NCC(C)Oc1ccc(Cl)cc1. The second kappa shape index (κ2) is 9.50. The average Bonchev–Trinajstić information content (AvgIpc) is 3.15. The van der Waals surface area contributed by atoms with Gasteiger partial charge in [-0.25, -0.2) is 4.99 Å². The van der Waals surface area contributed by atoms with Crippen LogP contribution >= 0.6 is 11.6 Å². The lowest BCUT2D eigenvalue weighted by Gasteiger charge is -2.21. The Hall–Kier alpha value is -2.18. The molecule has 26 heavy (non-hydrogen) atoms. The molecule has 6 nitrogen and oxygen atoms in total. The highest BCUT2D eigenvalue weighted by Crippen LogP contribution is 2.21. The maximum Gasteiger partial charge on any atom is 0.191 e. The van der Waals surface area contributed by atoms with Crippen molar-refractivity contribution in [3.8, 4) is 5.75 Å². The van der Waals surface area contributed by atoms with Crippen LogP contribution in [0.4, 0.5) is 0 Å². The third kappa shape index (κ3) is 6.28. The van der Waals surface area contributed by atoms with Gasteiger partial charge in [-0.3, -0.25) is 0 Å². The summed E-state index contributed by atoms with van der Waals surface area (Å²) in [6.07, 6.45) is 1.46. The first-order chi connectivity index (χ1) is 12.4. The molecular formula is C19H26ClN3O3. The Morgan fingerprint density at radius 3 is 2.65 bits per heavy atom. The minimum absolute atomic E-state index is 0.0781. The second-order valence-electron chi connectivity index (χ2n) is 6.21. The van der Waals surface area contributed by atoms with E-state index in [4.69, 9.17) is 20.8 Å². The van der Waals surface area contributed by atoms with E-state index >= 15 is 0 Å². The van der Waals surface area contributed by atoms with E-state index in [2.05, 4.69) is 15.6 Å². The van der Waals surface area contributed by atoms with Crippen LogP contribution in [0.15, 0.2) is 52.1 Å². The minimum atomic E-state index is -1.17. The normalized spacial score (nSPS) is 15.2. The van der Waals surface area contributed by atoms with E-state index in [1.165, 1.54) is 6.26 Å². The van der Waals surface area contributed by atoms with Crippen molar-refractivity contribution in [3.05, 3.63) is 53.4 Å². The molecule has 2 aromatic rings. The molecule has 2 atom stereocenters. The molecule has 0 spiro atoms. The zero-order valence-electron chi connectivity index (χ0n) is 15.3. The summed E-state index contributed by atoms with van der Waals surface area (Å²) in [7, 11) is 0. The summed E-state index contributed by atoms with van der Waals surface area (Å²) in [6, 6.07) is 10.7. The molecule has 0 saturated heterocycles. The first-order valence-corrected chi connectivity index (χ1v) is 8.99. The number of furan rings is 1. The Morgan fingerprint density at radius 2 is 2.04 bits per heavy atom. The quantitative estimate of drug-likeness (QED) is 0.485. The van der Waals surface area contributed by atoms with Gasteiger partial charge in [-0.2, -0.15) is 0 Å². The average molecular weight is 380 g/mol. The molecule has 7 heteroatoms. The number of nitrogens with zero attached hydrogens (tertiary/aromatic N) is 1. The number of hydrogen-bond donors (Lipinski definition) is 3. The first-order valence-electron chi connectivity index (χ1n) is 8.61. The zero-order valence-corrected chi connectivity index (χ0v) is 16.1. The Morgan fingerprint density at radius 1 is 1.31 bits per heavy atom. The molecule has 0 fully saturated rings. The van der Waals surface area contributed by atoms with Crippen molar-refractivity contribution < 1.29 is 14.3 Å². The molecular weight excluding hydrogens is 354 g/mol. The van der Waals surface area contributed by atoms with Gasteiger partial charge in [0.15, 0.2) is 5.96 Å². The first kappa shape index (κ1) is 20.1. The van der Waals surface area contributed by atoms with Crippen LogP contribution in [0.2, 0.25) is 5.02 Å². The van der Waals surface area contributed by atoms with E-state index in [-0.39, 0.29) is 12.6 Å². The van der Waals surface area contributed by atoms with E-state index in [0.717, 1.165) is 5.75 Å². The standard InChI is InChI=1S/C19H26ClN3O3/c1-4-21-18(23-13-19(3,24)17-6-5-11-25-17)22-12-14(2)26-16-9-7-15(20)8-10-16/h5-11,14,24H,4,12-13H2,1-3H3,(H2,21,22,23). The lowest BCUT2D eigenvalue weighted by atomic mass is 10.0. The summed E-state index contributed by atoms with van der Waals surface area (Å²) in [5, 5.41) is 17.5. The van der Waals surface area contributed by atoms with E-state index in [1.807, 2.05) is 26.0 Å². The predicted octanol–water partition coefficient (Wildman–Crippen LogP) is 3.16. The summed E-state index contributed by atoms with van der Waals surface area (Å²) in [6.45, 7) is 7.05. The molecule has 1 aromatic carbocycles. The van der Waals surface area contributed by atoms with Gasteiger partial charge in [0.25, 0.3) is 0 Å². The van der Waals surface area contributed by atoms with E-state index in [0.29, 0.717) is 29.8 Å². The lowest BCUT2D eigenvalue weighted by molar-refractivity contribution is 0.0437. The van der Waals surface area contributed by atoms with Crippen molar-refractivity contribution in [3.63, 3.8) is 0 Å². The Balaban J connectivity index is 1.89. The number of aliphatic imine (C=N–C) groups is 1. The molecule has 0 aliphatic heterocycles. The van der Waals surface area contributed by atoms with Crippen molar-refractivity contribution in [1.82, 2.24) is 10.6 Å². The van der Waals surface area contributed by atoms with Gasteiger partial charge < -0.3 is 24.9 Å². The fourth-order valence-electron chi connectivity index (χ4n) is 2.27. The van der Waals surface area contributed by atoms with Crippen LogP contribution in [-0.2, 0) is 5.60 Å². The van der Waals surface area contributed by atoms with Gasteiger partial charge in [0.1, 0.15) is 23.2 Å². The van der Waals surface area contributed by atoms with Crippen molar-refractivity contribution in [1.29, 1.82) is 0 Å². The van der Waals surface area contributed by atoms with Crippen molar-refractivity contribution in [2.24, 2.45) is 4.99 Å². The summed E-state index contributed by atoms with van der Waals surface area (Å²) < 4.78 is 11.1. The van der Waals surface area contributed by atoms with Gasteiger partial charge in [-0.05, 0) is 57.2 Å². The van der Waals surface area contributed by atoms with Crippen LogP contribution in [0.25, 0.3) is 0 Å². The number of aliphatic hydroxyl groups is 1. The van der Waals surface area contributed by atoms with Gasteiger partial charge in [-0.1, -0.05) is 11.6 Å². The maximum atomic E-state index is 10.5. The Bertz CT molecular complexity index is 685. The smallest absolute Gasteiger partial charge is 0.191 e. The van der Waals surface area contributed by atoms with Gasteiger partial charge >= 0.3 is 0 Å². The number of benzene rings is 1. The van der Waals surface area contributed by atoms with E-state index in [9.17, 15) is 5.11 Å².